The van der Waals surface area contributed by atoms with E-state index in [1.54, 1.807) is 12.1 Å². The number of ether oxygens (including phenoxy) is 1. The number of para-hydroxylation sites is 2. The second-order valence-corrected chi connectivity index (χ2v) is 25.9. The van der Waals surface area contributed by atoms with Crippen LogP contribution in [0.25, 0.3) is 72.3 Å². The van der Waals surface area contributed by atoms with E-state index in [0.29, 0.717) is 37.6 Å². The minimum atomic E-state index is -0.647. The van der Waals surface area contributed by atoms with Gasteiger partial charge in [-0.1, -0.05) is 68.4 Å². The summed E-state index contributed by atoms with van der Waals surface area (Å²) in [6.07, 6.45) is 1.88. The molecule has 1 aliphatic rings. The average molecular weight is 1180 g/mol. The van der Waals surface area contributed by atoms with E-state index in [9.17, 15) is 5.48 Å². The Kier molecular flexibility index (Phi) is 9.29. The van der Waals surface area contributed by atoms with Gasteiger partial charge in [-0.15, -0.1) is 0 Å². The Morgan fingerprint density at radius 1 is 0.560 bits per heavy atom. The van der Waals surface area contributed by atoms with Gasteiger partial charge in [-0.05, 0) is 38.9 Å². The monoisotopic (exact) mass is 1180 g/mol. The molecule has 7 aromatic carbocycles. The Morgan fingerprint density at radius 2 is 1.13 bits per heavy atom. The molecule has 0 saturated carbocycles. The van der Waals surface area contributed by atoms with Gasteiger partial charge in [0.15, 0.2) is 0 Å². The van der Waals surface area contributed by atoms with Crippen molar-refractivity contribution in [3.63, 3.8) is 0 Å². The summed E-state index contributed by atoms with van der Waals surface area (Å²) in [7, 11) is 0. The maximum absolute atomic E-state index is 9.43. The molecule has 0 amide bonds. The summed E-state index contributed by atoms with van der Waals surface area (Å²) in [6.45, 7) is 33.1. The average Bonchev–Trinajstić information content (AvgIpc) is 1.56. The molecule has 0 unspecified atom stereocenters. The number of rotatable bonds is 7. The van der Waals surface area contributed by atoms with E-state index in [2.05, 4.69) is 156 Å². The molecule has 0 saturated heterocycles. The van der Waals surface area contributed by atoms with E-state index in [0.717, 1.165) is 33.4 Å². The zero-order valence-electron chi connectivity index (χ0n) is 55.7. The number of fused-ring (bicyclic) bond motifs is 6. The standard InChI is InChI=1S/C69H70N4O.Pt/c1-64(2,3)46-34-35-70-60(40-46)73-58-33-32-55-62(68(12,13)69(14,15)67(55,10)11)61(58)52-31-30-50(42-59(52)73)74-51-37-47(65(4,5)6)36-49(41-51)71-43-72(57-29-23-22-28-56(57)71)63-53(44-24-18-16-19-25-44)38-48(66(7,8)9)39-54(63)45-26-20-17-21-27-45;/h16-40H,1-15H3;/q-2;/i16D,17D,18D,19D,20D,21D,24D,25D,26D,27D;. The van der Waals surface area contributed by atoms with Crippen LogP contribution in [0.4, 0.5) is 0 Å². The second kappa shape index (κ2) is 17.5. The third kappa shape index (κ3) is 8.14. The minimum absolute atomic E-state index is 0.0911. The van der Waals surface area contributed by atoms with E-state index in [1.165, 1.54) is 16.5 Å². The van der Waals surface area contributed by atoms with Crippen LogP contribution in [-0.2, 0) is 46.4 Å². The van der Waals surface area contributed by atoms with Crippen LogP contribution in [0, 0.1) is 21.4 Å². The summed E-state index contributed by atoms with van der Waals surface area (Å²) in [5, 5.41) is 2.21. The third-order valence-corrected chi connectivity index (χ3v) is 17.7. The fraction of sp³-hybridized carbons (Fsp3) is 0.304. The first kappa shape index (κ1) is 39.8. The van der Waals surface area contributed by atoms with Gasteiger partial charge >= 0.3 is 358 Å². The van der Waals surface area contributed by atoms with E-state index in [4.69, 9.17) is 17.9 Å². The Balaban J connectivity index is 1.19. The molecule has 384 valence electrons. The van der Waals surface area contributed by atoms with Crippen molar-refractivity contribution < 1.29 is 37.8 Å². The fourth-order valence-electron chi connectivity index (χ4n) is 11.2. The second-order valence-electron chi connectivity index (χ2n) is 24.9. The summed E-state index contributed by atoms with van der Waals surface area (Å²) in [6, 6.07) is 30.5. The molecule has 3 aromatic heterocycles. The number of aromatic nitrogens is 4. The van der Waals surface area contributed by atoms with Crippen molar-refractivity contribution in [2.45, 2.75) is 131 Å². The molecule has 11 rings (SSSR count). The summed E-state index contributed by atoms with van der Waals surface area (Å²) < 4.78 is 104. The summed E-state index contributed by atoms with van der Waals surface area (Å²) in [4.78, 5) is 5.04. The van der Waals surface area contributed by atoms with Gasteiger partial charge in [0.2, 0.25) is 0 Å². The van der Waals surface area contributed by atoms with Crippen molar-refractivity contribution in [3.8, 4) is 50.9 Å². The molecule has 0 bridgehead atoms. The van der Waals surface area contributed by atoms with Gasteiger partial charge in [0.05, 0.1) is 0 Å². The van der Waals surface area contributed by atoms with Crippen LogP contribution in [0.3, 0.4) is 0 Å². The van der Waals surface area contributed by atoms with Crippen molar-refractivity contribution >= 4 is 32.8 Å². The SMILES string of the molecule is [2H]c1c([2H])c([2H])c(-c2cc(C(C)(C)C)cc(-c3c([2H])c([2H])c([2H])c([2H])c3[2H])c2-n2[c](=[Pt])n(-c3[c-]c(Oc4[c-]c5c(cc4)c4c6c(ccc4n5-c4cc(C(C)(C)C)ccn4)C(C)(C)C(C)(C)C6(C)C)cc(C(C)(C)C)c3)c3ccccc32)c([2H])c1[2H]. The number of hydrogen-bond acceptors (Lipinski definition) is 2. The first-order valence-electron chi connectivity index (χ1n) is 30.7. The van der Waals surface area contributed by atoms with Crippen LogP contribution >= 0.6 is 0 Å². The molecule has 0 N–H and O–H groups in total. The van der Waals surface area contributed by atoms with Crippen LogP contribution in [0.1, 0.15) is 145 Å². The molecule has 0 atom stereocenters. The fourth-order valence-corrected chi connectivity index (χ4v) is 12.3. The number of hydrogen-bond donors (Lipinski definition) is 0. The maximum atomic E-state index is 9.43. The molecule has 0 radical (unpaired) electrons. The predicted molar refractivity (Wildman–Crippen MR) is 309 cm³/mol. The van der Waals surface area contributed by atoms with E-state index < -0.39 is 71.3 Å². The van der Waals surface area contributed by atoms with Crippen LogP contribution < -0.4 is 4.74 Å². The zero-order chi connectivity index (χ0) is 62.1. The van der Waals surface area contributed by atoms with E-state index in [-0.39, 0.29) is 49.6 Å². The normalized spacial score (nSPS) is 17.1. The molecule has 5 nitrogen and oxygen atoms in total. The summed E-state index contributed by atoms with van der Waals surface area (Å²) in [5.74, 6) is 1.65. The number of benzene rings is 7. The Hall–Kier alpha value is -6.55. The predicted octanol–water partition coefficient (Wildman–Crippen LogP) is 18.2. The first-order chi connectivity index (χ1) is 39.4. The molecular formula is C69H70N4OPt-2. The number of imidazole rings is 1. The van der Waals surface area contributed by atoms with Crippen LogP contribution in [0.2, 0.25) is 0 Å². The zero-order valence-corrected chi connectivity index (χ0v) is 47.9. The molecule has 3 heterocycles. The van der Waals surface area contributed by atoms with Gasteiger partial charge in [0.25, 0.3) is 0 Å². The Bertz CT molecular complexity index is 4430. The quantitative estimate of drug-likeness (QED) is 0.149. The molecule has 0 fully saturated rings. The summed E-state index contributed by atoms with van der Waals surface area (Å²) in [5.41, 5.74) is 7.89. The van der Waals surface area contributed by atoms with Gasteiger partial charge in [-0.25, -0.2) is 0 Å². The van der Waals surface area contributed by atoms with E-state index >= 15 is 0 Å². The van der Waals surface area contributed by atoms with Gasteiger partial charge in [-0.3, -0.25) is 0 Å². The molecule has 0 spiro atoms. The van der Waals surface area contributed by atoms with Gasteiger partial charge in [-0.2, -0.15) is 0 Å². The van der Waals surface area contributed by atoms with Gasteiger partial charge < -0.3 is 0 Å². The van der Waals surface area contributed by atoms with Crippen molar-refractivity contribution in [1.29, 1.82) is 0 Å². The number of nitrogens with zero attached hydrogens (tertiary/aromatic N) is 4. The van der Waals surface area contributed by atoms with Crippen LogP contribution in [0.15, 0.2) is 152 Å². The Labute approximate surface area is 469 Å². The Morgan fingerprint density at radius 3 is 1.72 bits per heavy atom. The molecule has 0 aliphatic heterocycles. The van der Waals surface area contributed by atoms with Crippen molar-refractivity contribution in [2.24, 2.45) is 5.41 Å². The van der Waals surface area contributed by atoms with Crippen molar-refractivity contribution in [1.82, 2.24) is 18.7 Å². The summed E-state index contributed by atoms with van der Waals surface area (Å²) >= 11 is 2.22. The molecule has 75 heavy (non-hydrogen) atoms. The first-order valence-corrected chi connectivity index (χ1v) is 26.9. The molecule has 6 heteroatoms. The van der Waals surface area contributed by atoms with E-state index in [1.807, 2.05) is 72.5 Å². The van der Waals surface area contributed by atoms with Crippen LogP contribution in [-0.4, -0.2) is 18.7 Å². The third-order valence-electron chi connectivity index (χ3n) is 16.7. The molecule has 1 aliphatic carbocycles. The van der Waals surface area contributed by atoms with Gasteiger partial charge in [0.1, 0.15) is 0 Å². The molecule has 10 aromatic rings. The van der Waals surface area contributed by atoms with Crippen LogP contribution in [0.5, 0.6) is 11.5 Å². The van der Waals surface area contributed by atoms with Crippen molar-refractivity contribution in [3.05, 3.63) is 195 Å². The van der Waals surface area contributed by atoms with Crippen molar-refractivity contribution in [2.75, 3.05) is 0 Å². The molecular weight excluding hydrogens is 1100 g/mol. The number of pyridine rings is 1. The van der Waals surface area contributed by atoms with Gasteiger partial charge in [0, 0.05) is 6.20 Å². The topological polar surface area (TPSA) is 36.9 Å².